The molecule has 1 aliphatic rings. The van der Waals surface area contributed by atoms with Crippen LogP contribution in [0.5, 0.6) is 0 Å². The minimum Gasteiger partial charge on any atom is -0.366 e. The minimum atomic E-state index is -0.443. The molecule has 66 heavy (non-hydrogen) atoms. The quantitative estimate of drug-likeness (QED) is 0.0953. The number of hydrogen-bond donors (Lipinski definition) is 4. The van der Waals surface area contributed by atoms with Gasteiger partial charge in [-0.05, 0) is 133 Å². The van der Waals surface area contributed by atoms with Gasteiger partial charge in [-0.2, -0.15) is 0 Å². The van der Waals surface area contributed by atoms with Crippen LogP contribution >= 0.6 is 0 Å². The molecule has 5 N–H and O–H groups in total. The number of nitrogens with one attached hydrogen (secondary N) is 3. The van der Waals surface area contributed by atoms with E-state index >= 15 is 0 Å². The van der Waals surface area contributed by atoms with Crippen molar-refractivity contribution in [1.29, 1.82) is 0 Å². The molecule has 3 unspecified atom stereocenters. The zero-order valence-electron chi connectivity index (χ0n) is 36.3. The molecule has 314 valence electrons. The molecule has 1 heterocycles. The van der Waals surface area contributed by atoms with Gasteiger partial charge in [0.25, 0.3) is 0 Å². The number of rotatable bonds is 7. The smallest absolute Gasteiger partial charge is 0.105 e. The summed E-state index contributed by atoms with van der Waals surface area (Å²) in [4.78, 5) is 0. The van der Waals surface area contributed by atoms with Gasteiger partial charge >= 0.3 is 0 Å². The Balaban J connectivity index is 0.832. The lowest BCUT2D eigenvalue weighted by atomic mass is 9.88. The molecule has 1 aliphatic heterocycles. The van der Waals surface area contributed by atoms with Gasteiger partial charge in [-0.1, -0.05) is 200 Å². The Hall–Kier alpha value is -8.02. The Morgan fingerprint density at radius 2 is 0.894 bits per heavy atom. The zero-order chi connectivity index (χ0) is 43.7. The topological polar surface area (TPSA) is 62.1 Å². The van der Waals surface area contributed by atoms with Crippen molar-refractivity contribution in [3.05, 3.63) is 252 Å². The molecular weight excluding hydrogens is 801 g/mol. The molecule has 0 aliphatic carbocycles. The van der Waals surface area contributed by atoms with Crippen LogP contribution in [0.25, 0.3) is 75.4 Å². The molecule has 0 bridgehead atoms. The molecule has 4 nitrogen and oxygen atoms in total. The van der Waals surface area contributed by atoms with Crippen LogP contribution in [-0.4, -0.2) is 0 Å². The molecule has 0 saturated heterocycles. The second-order valence-electron chi connectivity index (χ2n) is 17.9. The van der Waals surface area contributed by atoms with Gasteiger partial charge in [0.05, 0.1) is 6.04 Å². The van der Waals surface area contributed by atoms with Crippen LogP contribution < -0.4 is 21.7 Å². The highest BCUT2D eigenvalue weighted by atomic mass is 15.2. The predicted octanol–water partition coefficient (Wildman–Crippen LogP) is 15.2. The maximum atomic E-state index is 7.21. The largest absolute Gasteiger partial charge is 0.366 e. The third-order valence-electron chi connectivity index (χ3n) is 14.2. The average molecular weight is 847 g/mol. The summed E-state index contributed by atoms with van der Waals surface area (Å²) in [5.41, 5.74) is 16.5. The number of fused-ring (bicyclic) bond motifs is 14. The molecule has 0 fully saturated rings. The SMILES string of the molecule is NC(Nc1ccccc1Cc1ccc2c3ccccc3c3ccccc3c2c1)c1ccc(C2Nc3ccccc3C(c3ccc4c5ccccc5c5ccccc5c4c3)N2)c2ccccc12. The fourth-order valence-corrected chi connectivity index (χ4v) is 11.1. The third-order valence-corrected chi connectivity index (χ3v) is 14.2. The zero-order valence-corrected chi connectivity index (χ0v) is 36.3. The van der Waals surface area contributed by atoms with E-state index in [4.69, 9.17) is 5.73 Å². The predicted molar refractivity (Wildman–Crippen MR) is 279 cm³/mol. The number of anilines is 2. The van der Waals surface area contributed by atoms with E-state index < -0.39 is 6.17 Å². The van der Waals surface area contributed by atoms with E-state index in [1.807, 2.05) is 0 Å². The lowest BCUT2D eigenvalue weighted by Crippen LogP contribution is -2.37. The summed E-state index contributed by atoms with van der Waals surface area (Å²) >= 11 is 0. The van der Waals surface area contributed by atoms with Crippen molar-refractivity contribution < 1.29 is 0 Å². The molecule has 4 heteroatoms. The molecule has 0 saturated carbocycles. The van der Waals surface area contributed by atoms with Crippen LogP contribution in [0.2, 0.25) is 0 Å². The molecule has 3 atom stereocenters. The van der Waals surface area contributed by atoms with Gasteiger partial charge in [-0.15, -0.1) is 0 Å². The summed E-state index contributed by atoms with van der Waals surface area (Å²) in [7, 11) is 0. The molecule has 0 radical (unpaired) electrons. The van der Waals surface area contributed by atoms with Crippen LogP contribution in [0.1, 0.15) is 51.8 Å². The lowest BCUT2D eigenvalue weighted by molar-refractivity contribution is 0.509. The first kappa shape index (κ1) is 38.4. The van der Waals surface area contributed by atoms with Gasteiger partial charge in [0, 0.05) is 11.4 Å². The van der Waals surface area contributed by atoms with E-state index in [0.717, 1.165) is 34.1 Å². The summed E-state index contributed by atoms with van der Waals surface area (Å²) in [5, 5.41) is 29.4. The van der Waals surface area contributed by atoms with E-state index in [9.17, 15) is 0 Å². The Morgan fingerprint density at radius 3 is 1.53 bits per heavy atom. The molecule has 0 aromatic heterocycles. The first-order valence-corrected chi connectivity index (χ1v) is 23.0. The van der Waals surface area contributed by atoms with E-state index in [1.54, 1.807) is 0 Å². The van der Waals surface area contributed by atoms with E-state index in [1.165, 1.54) is 92.5 Å². The van der Waals surface area contributed by atoms with Crippen molar-refractivity contribution in [2.75, 3.05) is 10.6 Å². The molecule has 12 aromatic rings. The summed E-state index contributed by atoms with van der Waals surface area (Å²) < 4.78 is 0. The highest BCUT2D eigenvalue weighted by Gasteiger charge is 2.30. The highest BCUT2D eigenvalue weighted by molar-refractivity contribution is 6.26. The normalized spacial score (nSPS) is 15.4. The minimum absolute atomic E-state index is 0.0402. The molecule has 0 spiro atoms. The van der Waals surface area contributed by atoms with Crippen molar-refractivity contribution in [3.8, 4) is 0 Å². The van der Waals surface area contributed by atoms with Gasteiger partial charge in [0.1, 0.15) is 12.3 Å². The maximum Gasteiger partial charge on any atom is 0.105 e. The number of hydrogen-bond acceptors (Lipinski definition) is 4. The number of para-hydroxylation sites is 2. The van der Waals surface area contributed by atoms with Crippen molar-refractivity contribution in [2.45, 2.75) is 24.8 Å². The Kier molecular flexibility index (Phi) is 9.09. The summed E-state index contributed by atoms with van der Waals surface area (Å²) in [6.45, 7) is 0. The van der Waals surface area contributed by atoms with Crippen molar-refractivity contribution >= 4 is 86.8 Å². The average Bonchev–Trinajstić information content (AvgIpc) is 3.38. The standard InChI is InChI=1S/C62H46N4/c63-61(64-58-27-13-1-15-39(58)35-38-29-31-51-45-20-4-2-16-41(45)43-18-6-10-24-49(43)56(51)36-38)53-33-34-54(48-23-9-8-22-47(48)53)62-65-59-28-14-12-26-55(59)60(66-62)40-30-32-52-46-21-5-3-17-42(46)44-19-7-11-25-50(44)57(52)37-40/h1-34,36-37,60-62,64-66H,35,63H2. The number of nitrogens with two attached hydrogens (primary N) is 1. The summed E-state index contributed by atoms with van der Waals surface area (Å²) in [6.07, 6.45) is 0.175. The van der Waals surface area contributed by atoms with E-state index in [0.29, 0.717) is 0 Å². The fraction of sp³-hybridized carbons (Fsp3) is 0.0645. The van der Waals surface area contributed by atoms with Gasteiger partial charge in [-0.3, -0.25) is 5.32 Å². The Bertz CT molecular complexity index is 3820. The van der Waals surface area contributed by atoms with Crippen molar-refractivity contribution in [1.82, 2.24) is 5.32 Å². The van der Waals surface area contributed by atoms with Crippen LogP contribution in [0.3, 0.4) is 0 Å². The van der Waals surface area contributed by atoms with Crippen molar-refractivity contribution in [3.63, 3.8) is 0 Å². The molecule has 12 aromatic carbocycles. The fourth-order valence-electron chi connectivity index (χ4n) is 11.1. The summed E-state index contributed by atoms with van der Waals surface area (Å²) in [5.74, 6) is 0. The van der Waals surface area contributed by atoms with Gasteiger partial charge in [-0.25, -0.2) is 0 Å². The van der Waals surface area contributed by atoms with Gasteiger partial charge < -0.3 is 16.4 Å². The Labute approximate surface area is 383 Å². The van der Waals surface area contributed by atoms with Crippen molar-refractivity contribution in [2.24, 2.45) is 5.73 Å². The second kappa shape index (κ2) is 15.6. The van der Waals surface area contributed by atoms with Crippen LogP contribution in [0.15, 0.2) is 218 Å². The van der Waals surface area contributed by atoms with E-state index in [-0.39, 0.29) is 12.2 Å². The van der Waals surface area contributed by atoms with Crippen LogP contribution in [-0.2, 0) is 6.42 Å². The maximum absolute atomic E-state index is 7.21. The Morgan fingerprint density at radius 1 is 0.409 bits per heavy atom. The monoisotopic (exact) mass is 846 g/mol. The first-order valence-electron chi connectivity index (χ1n) is 23.0. The molecule has 13 rings (SSSR count). The van der Waals surface area contributed by atoms with Crippen LogP contribution in [0, 0.1) is 0 Å². The first-order chi connectivity index (χ1) is 32.6. The number of benzene rings is 12. The third kappa shape index (κ3) is 6.29. The van der Waals surface area contributed by atoms with Crippen LogP contribution in [0.4, 0.5) is 11.4 Å². The second-order valence-corrected chi connectivity index (χ2v) is 17.9. The molecule has 0 amide bonds. The lowest BCUT2D eigenvalue weighted by Gasteiger charge is -2.36. The van der Waals surface area contributed by atoms with Gasteiger partial charge in [0.15, 0.2) is 0 Å². The highest BCUT2D eigenvalue weighted by Crippen LogP contribution is 2.43. The summed E-state index contributed by atoms with van der Waals surface area (Å²) in [6, 6.07) is 79.6. The van der Waals surface area contributed by atoms with E-state index in [2.05, 4.69) is 234 Å². The van der Waals surface area contributed by atoms with Gasteiger partial charge in [0.2, 0.25) is 0 Å². The molecular formula is C62H46N4.